The molecule has 0 unspecified atom stereocenters. The summed E-state index contributed by atoms with van der Waals surface area (Å²) in [5.41, 5.74) is -0.527. The van der Waals surface area contributed by atoms with Crippen molar-refractivity contribution in [3.63, 3.8) is 0 Å². The molecule has 3 aromatic rings. The fourth-order valence-electron chi connectivity index (χ4n) is 2.37. The fraction of sp³-hybridized carbons (Fsp3) is 0. The van der Waals surface area contributed by atoms with Gasteiger partial charge in [-0.25, -0.2) is 13.2 Å². The number of rotatable bonds is 6. The quantitative estimate of drug-likeness (QED) is 0.463. The van der Waals surface area contributed by atoms with Gasteiger partial charge in [0.2, 0.25) is 0 Å². The van der Waals surface area contributed by atoms with Crippen molar-refractivity contribution in [2.24, 2.45) is 0 Å². The van der Waals surface area contributed by atoms with Crippen molar-refractivity contribution in [3.8, 4) is 11.5 Å². The first-order chi connectivity index (χ1) is 13.7. The molecule has 0 saturated heterocycles. The Morgan fingerprint density at radius 1 is 0.931 bits per heavy atom. The predicted octanol–water partition coefficient (Wildman–Crippen LogP) is 5.94. The Hall–Kier alpha value is -2.45. The summed E-state index contributed by atoms with van der Waals surface area (Å²) in [6.07, 6.45) is 0. The molecule has 0 amide bonds. The fourth-order valence-corrected chi connectivity index (χ4v) is 3.88. The number of sulfonamides is 1. The molecule has 0 spiro atoms. The summed E-state index contributed by atoms with van der Waals surface area (Å²) in [4.78, 5) is 11.6. The van der Waals surface area contributed by atoms with E-state index in [2.05, 4.69) is 4.72 Å². The van der Waals surface area contributed by atoms with E-state index >= 15 is 0 Å². The van der Waals surface area contributed by atoms with E-state index in [0.29, 0.717) is 10.0 Å². The monoisotopic (exact) mass is 471 g/mol. The summed E-state index contributed by atoms with van der Waals surface area (Å²) in [6.45, 7) is 0. The van der Waals surface area contributed by atoms with Gasteiger partial charge in [-0.1, -0.05) is 40.9 Å². The highest BCUT2D eigenvalue weighted by molar-refractivity contribution is 7.92. The van der Waals surface area contributed by atoms with Crippen LogP contribution < -0.4 is 9.46 Å². The number of carbonyl (C=O) groups is 1. The van der Waals surface area contributed by atoms with Gasteiger partial charge in [0.1, 0.15) is 11.4 Å². The van der Waals surface area contributed by atoms with E-state index in [1.165, 1.54) is 60.7 Å². The number of ether oxygens (including phenoxy) is 1. The molecule has 0 aromatic heterocycles. The zero-order valence-electron chi connectivity index (χ0n) is 14.4. The molecule has 0 heterocycles. The summed E-state index contributed by atoms with van der Waals surface area (Å²) in [6, 6.07) is 14.0. The molecule has 0 fully saturated rings. The molecule has 0 aliphatic carbocycles. The minimum atomic E-state index is -4.11. The van der Waals surface area contributed by atoms with Crippen LogP contribution in [0.2, 0.25) is 15.1 Å². The zero-order chi connectivity index (χ0) is 21.2. The summed E-state index contributed by atoms with van der Waals surface area (Å²) in [5, 5.41) is 10.4. The van der Waals surface area contributed by atoms with E-state index in [0.717, 1.165) is 0 Å². The molecule has 0 aliphatic heterocycles. The molecule has 3 rings (SSSR count). The number of hydrogen-bond donors (Lipinski definition) is 2. The Morgan fingerprint density at radius 2 is 1.62 bits per heavy atom. The van der Waals surface area contributed by atoms with E-state index in [9.17, 15) is 18.3 Å². The normalized spacial score (nSPS) is 11.1. The third kappa shape index (κ3) is 4.94. The topological polar surface area (TPSA) is 92.7 Å². The number of carboxylic acids is 1. The Morgan fingerprint density at radius 3 is 2.24 bits per heavy atom. The highest BCUT2D eigenvalue weighted by Crippen LogP contribution is 2.36. The van der Waals surface area contributed by atoms with Crippen LogP contribution in [0.1, 0.15) is 10.4 Å². The van der Waals surface area contributed by atoms with Crippen molar-refractivity contribution in [1.29, 1.82) is 0 Å². The molecule has 10 heteroatoms. The average molecular weight is 473 g/mol. The molecule has 2 N–H and O–H groups in total. The number of aromatic carboxylic acids is 1. The summed E-state index contributed by atoms with van der Waals surface area (Å²) in [5.74, 6) is -1.12. The van der Waals surface area contributed by atoms with E-state index in [-0.39, 0.29) is 32.7 Å². The Balaban J connectivity index is 2.05. The third-order valence-corrected chi connectivity index (χ3v) is 6.09. The lowest BCUT2D eigenvalue weighted by molar-refractivity contribution is 0.0697. The van der Waals surface area contributed by atoms with Crippen molar-refractivity contribution >= 4 is 56.5 Å². The standard InChI is InChI=1S/C19H12Cl3NO5S/c20-11-4-7-13(8-5-11)29(26,27)23-18-14(19(24)25)2-1-3-17(18)28-12-6-9-15(21)16(22)10-12/h1-10,23H,(H,24,25). The van der Waals surface area contributed by atoms with Crippen LogP contribution in [0.15, 0.2) is 65.6 Å². The molecule has 29 heavy (non-hydrogen) atoms. The van der Waals surface area contributed by atoms with Gasteiger partial charge in [0.05, 0.1) is 20.5 Å². The highest BCUT2D eigenvalue weighted by Gasteiger charge is 2.22. The number of nitrogens with one attached hydrogen (secondary N) is 1. The molecule has 150 valence electrons. The minimum absolute atomic E-state index is 0.0270. The number of halogens is 3. The van der Waals surface area contributed by atoms with Crippen molar-refractivity contribution < 1.29 is 23.1 Å². The molecular weight excluding hydrogens is 461 g/mol. The van der Waals surface area contributed by atoms with Crippen LogP contribution in [0, 0.1) is 0 Å². The Bertz CT molecular complexity index is 1180. The molecule has 0 radical (unpaired) electrons. The van der Waals surface area contributed by atoms with Crippen LogP contribution >= 0.6 is 34.8 Å². The van der Waals surface area contributed by atoms with Crippen molar-refractivity contribution in [2.75, 3.05) is 4.72 Å². The van der Waals surface area contributed by atoms with Crippen LogP contribution in [0.25, 0.3) is 0 Å². The first-order valence-corrected chi connectivity index (χ1v) is 10.6. The first kappa shape index (κ1) is 21.3. The van der Waals surface area contributed by atoms with E-state index in [1.807, 2.05) is 0 Å². The van der Waals surface area contributed by atoms with Crippen LogP contribution in [-0.2, 0) is 10.0 Å². The number of anilines is 1. The maximum Gasteiger partial charge on any atom is 0.337 e. The lowest BCUT2D eigenvalue weighted by Gasteiger charge is -2.16. The molecular formula is C19H12Cl3NO5S. The Kier molecular flexibility index (Phi) is 6.24. The SMILES string of the molecule is O=C(O)c1cccc(Oc2ccc(Cl)c(Cl)c2)c1NS(=O)(=O)c1ccc(Cl)cc1. The lowest BCUT2D eigenvalue weighted by atomic mass is 10.1. The van der Waals surface area contributed by atoms with Gasteiger partial charge in [-0.2, -0.15) is 0 Å². The van der Waals surface area contributed by atoms with Gasteiger partial charge in [-0.3, -0.25) is 4.72 Å². The molecule has 0 atom stereocenters. The number of para-hydroxylation sites is 1. The van der Waals surface area contributed by atoms with Gasteiger partial charge in [-0.15, -0.1) is 0 Å². The Labute approximate surface area is 181 Å². The smallest absolute Gasteiger partial charge is 0.337 e. The lowest BCUT2D eigenvalue weighted by Crippen LogP contribution is -2.16. The molecule has 0 aliphatic rings. The summed E-state index contributed by atoms with van der Waals surface area (Å²) in [7, 11) is -4.11. The van der Waals surface area contributed by atoms with Gasteiger partial charge < -0.3 is 9.84 Å². The molecule has 3 aromatic carbocycles. The second-order valence-corrected chi connectivity index (χ2v) is 8.65. The zero-order valence-corrected chi connectivity index (χ0v) is 17.5. The van der Waals surface area contributed by atoms with Crippen LogP contribution in [0.5, 0.6) is 11.5 Å². The maximum atomic E-state index is 12.7. The van der Waals surface area contributed by atoms with Gasteiger partial charge >= 0.3 is 5.97 Å². The van der Waals surface area contributed by atoms with E-state index < -0.39 is 16.0 Å². The second kappa shape index (κ2) is 8.51. The molecule has 0 bridgehead atoms. The van der Waals surface area contributed by atoms with Gasteiger partial charge in [0.15, 0.2) is 5.75 Å². The summed E-state index contributed by atoms with van der Waals surface area (Å²) >= 11 is 17.6. The van der Waals surface area contributed by atoms with Crippen LogP contribution in [0.3, 0.4) is 0 Å². The third-order valence-electron chi connectivity index (χ3n) is 3.74. The molecule has 6 nitrogen and oxygen atoms in total. The van der Waals surface area contributed by atoms with Crippen LogP contribution in [0.4, 0.5) is 5.69 Å². The number of carboxylic acid groups (broad SMARTS) is 1. The van der Waals surface area contributed by atoms with Gasteiger partial charge in [0.25, 0.3) is 10.0 Å². The number of hydrogen-bond acceptors (Lipinski definition) is 4. The second-order valence-electron chi connectivity index (χ2n) is 5.72. The van der Waals surface area contributed by atoms with E-state index in [4.69, 9.17) is 39.5 Å². The maximum absolute atomic E-state index is 12.7. The average Bonchev–Trinajstić information content (AvgIpc) is 2.66. The highest BCUT2D eigenvalue weighted by atomic mass is 35.5. The predicted molar refractivity (Wildman–Crippen MR) is 112 cm³/mol. The minimum Gasteiger partial charge on any atom is -0.478 e. The molecule has 0 saturated carbocycles. The van der Waals surface area contributed by atoms with Crippen molar-refractivity contribution in [2.45, 2.75) is 4.90 Å². The first-order valence-electron chi connectivity index (χ1n) is 7.95. The van der Waals surface area contributed by atoms with Gasteiger partial charge in [0, 0.05) is 11.1 Å². The number of benzene rings is 3. The summed E-state index contributed by atoms with van der Waals surface area (Å²) < 4.78 is 33.5. The van der Waals surface area contributed by atoms with E-state index in [1.54, 1.807) is 0 Å². The van der Waals surface area contributed by atoms with Crippen molar-refractivity contribution in [3.05, 3.63) is 81.3 Å². The van der Waals surface area contributed by atoms with Crippen LogP contribution in [-0.4, -0.2) is 19.5 Å². The largest absolute Gasteiger partial charge is 0.478 e. The van der Waals surface area contributed by atoms with Gasteiger partial charge in [-0.05, 0) is 48.5 Å². The van der Waals surface area contributed by atoms with Crippen molar-refractivity contribution in [1.82, 2.24) is 0 Å².